The van der Waals surface area contributed by atoms with Crippen molar-refractivity contribution in [2.75, 3.05) is 13.2 Å². The van der Waals surface area contributed by atoms with Crippen molar-refractivity contribution in [1.82, 2.24) is 5.32 Å². The first-order chi connectivity index (χ1) is 11.9. The zero-order valence-corrected chi connectivity index (χ0v) is 13.6. The molecule has 134 valence electrons. The van der Waals surface area contributed by atoms with E-state index >= 15 is 0 Å². The Balaban J connectivity index is 1.68. The number of nitrogens with one attached hydrogen (secondary N) is 1. The molecule has 2 N–H and O–H groups in total. The molecule has 1 saturated heterocycles. The van der Waals surface area contributed by atoms with Crippen LogP contribution >= 0.6 is 0 Å². The number of aliphatic hydroxyl groups excluding tert-OH is 1. The maximum Gasteiger partial charge on any atom is 0.393 e. The summed E-state index contributed by atoms with van der Waals surface area (Å²) < 4.78 is 44.5. The largest absolute Gasteiger partial charge is 0.489 e. The Morgan fingerprint density at radius 3 is 2.32 bits per heavy atom. The maximum absolute atomic E-state index is 12.9. The monoisotopic (exact) mass is 351 g/mol. The Bertz CT molecular complexity index is 688. The van der Waals surface area contributed by atoms with Crippen LogP contribution in [0.3, 0.4) is 0 Å². The van der Waals surface area contributed by atoms with Crippen LogP contribution in [0.5, 0.6) is 5.75 Å². The number of aliphatic hydroxyl groups is 1. The first-order valence-corrected chi connectivity index (χ1v) is 8.13. The Hall–Kier alpha value is -2.05. The lowest BCUT2D eigenvalue weighted by atomic mass is 9.86. The molecule has 3 nitrogen and oxygen atoms in total. The molecule has 0 spiro atoms. The summed E-state index contributed by atoms with van der Waals surface area (Å²) in [7, 11) is 0. The standard InChI is InChI=1S/C19H20F3NO2/c20-19(21,22)16-10-18(13-24,23-11-16)15-6-8-17(9-7-15)25-12-14-4-2-1-3-5-14/h1-9,16,23-24H,10-13H2/t16-,18+/m0/s1. The van der Waals surface area contributed by atoms with Crippen molar-refractivity contribution in [3.63, 3.8) is 0 Å². The first-order valence-electron chi connectivity index (χ1n) is 8.13. The lowest BCUT2D eigenvalue weighted by Gasteiger charge is -2.28. The van der Waals surface area contributed by atoms with Crippen LogP contribution in [0.2, 0.25) is 0 Å². The number of benzene rings is 2. The SMILES string of the molecule is OC[C@@]1(c2ccc(OCc3ccccc3)cc2)C[C@H](C(F)(F)F)CN1. The molecule has 2 aromatic carbocycles. The van der Waals surface area contributed by atoms with Crippen LogP contribution in [0.1, 0.15) is 17.5 Å². The second-order valence-corrected chi connectivity index (χ2v) is 6.36. The van der Waals surface area contributed by atoms with Crippen LogP contribution < -0.4 is 10.1 Å². The van der Waals surface area contributed by atoms with Crippen molar-refractivity contribution in [2.24, 2.45) is 5.92 Å². The zero-order chi connectivity index (χ0) is 17.9. The minimum atomic E-state index is -4.26. The molecule has 0 saturated carbocycles. The fourth-order valence-electron chi connectivity index (χ4n) is 3.16. The lowest BCUT2D eigenvalue weighted by Crippen LogP contribution is -2.40. The second-order valence-electron chi connectivity index (χ2n) is 6.36. The van der Waals surface area contributed by atoms with Crippen molar-refractivity contribution in [3.05, 3.63) is 65.7 Å². The van der Waals surface area contributed by atoms with Gasteiger partial charge in [-0.2, -0.15) is 13.2 Å². The van der Waals surface area contributed by atoms with Crippen molar-refractivity contribution in [2.45, 2.75) is 24.7 Å². The summed E-state index contributed by atoms with van der Waals surface area (Å²) in [4.78, 5) is 0. The molecular formula is C19H20F3NO2. The van der Waals surface area contributed by atoms with Gasteiger partial charge in [0.2, 0.25) is 0 Å². The Kier molecular flexibility index (Phi) is 5.01. The van der Waals surface area contributed by atoms with Crippen LogP contribution in [0, 0.1) is 5.92 Å². The molecule has 0 aromatic heterocycles. The molecule has 1 aliphatic heterocycles. The van der Waals surface area contributed by atoms with Gasteiger partial charge in [0.25, 0.3) is 0 Å². The molecule has 2 atom stereocenters. The van der Waals surface area contributed by atoms with E-state index in [1.807, 2.05) is 30.3 Å². The van der Waals surface area contributed by atoms with E-state index < -0.39 is 17.6 Å². The predicted octanol–water partition coefficient (Wildman–Crippen LogP) is 3.63. The highest BCUT2D eigenvalue weighted by Crippen LogP contribution is 2.41. The highest BCUT2D eigenvalue weighted by molar-refractivity contribution is 5.33. The highest BCUT2D eigenvalue weighted by atomic mass is 19.4. The molecule has 0 amide bonds. The van der Waals surface area contributed by atoms with E-state index in [0.717, 1.165) is 5.56 Å². The first kappa shape index (κ1) is 17.8. The minimum absolute atomic E-state index is 0.169. The van der Waals surface area contributed by atoms with Crippen molar-refractivity contribution >= 4 is 0 Å². The quantitative estimate of drug-likeness (QED) is 0.864. The molecule has 0 radical (unpaired) electrons. The van der Waals surface area contributed by atoms with Crippen LogP contribution in [-0.2, 0) is 12.1 Å². The molecule has 0 unspecified atom stereocenters. The number of alkyl halides is 3. The number of halogens is 3. The van der Waals surface area contributed by atoms with Gasteiger partial charge in [0.1, 0.15) is 12.4 Å². The zero-order valence-electron chi connectivity index (χ0n) is 13.6. The Morgan fingerprint density at radius 1 is 1.08 bits per heavy atom. The maximum atomic E-state index is 12.9. The predicted molar refractivity (Wildman–Crippen MR) is 88.1 cm³/mol. The molecule has 3 rings (SSSR count). The van der Waals surface area contributed by atoms with Gasteiger partial charge in [-0.1, -0.05) is 42.5 Å². The fraction of sp³-hybridized carbons (Fsp3) is 0.368. The van der Waals surface area contributed by atoms with Crippen molar-refractivity contribution in [1.29, 1.82) is 0 Å². The molecule has 1 heterocycles. The molecule has 25 heavy (non-hydrogen) atoms. The van der Waals surface area contributed by atoms with E-state index in [9.17, 15) is 18.3 Å². The van der Waals surface area contributed by atoms with Gasteiger partial charge in [-0.05, 0) is 29.7 Å². The van der Waals surface area contributed by atoms with Crippen molar-refractivity contribution < 1.29 is 23.0 Å². The average Bonchev–Trinajstić information content (AvgIpc) is 3.08. The Morgan fingerprint density at radius 2 is 1.76 bits per heavy atom. The summed E-state index contributed by atoms with van der Waals surface area (Å²) in [6, 6.07) is 16.5. The van der Waals surface area contributed by atoms with E-state index in [0.29, 0.717) is 17.9 Å². The molecular weight excluding hydrogens is 331 g/mol. The molecule has 1 fully saturated rings. The summed E-state index contributed by atoms with van der Waals surface area (Å²) in [5.74, 6) is -0.820. The smallest absolute Gasteiger partial charge is 0.393 e. The average molecular weight is 351 g/mol. The van der Waals surface area contributed by atoms with Gasteiger partial charge in [0, 0.05) is 6.54 Å². The lowest BCUT2D eigenvalue weighted by molar-refractivity contribution is -0.170. The number of hydrogen-bond donors (Lipinski definition) is 2. The Labute approximate surface area is 144 Å². The van der Waals surface area contributed by atoms with Gasteiger partial charge in [-0.3, -0.25) is 0 Å². The van der Waals surface area contributed by atoms with Crippen LogP contribution in [-0.4, -0.2) is 24.4 Å². The fourth-order valence-corrected chi connectivity index (χ4v) is 3.16. The summed E-state index contributed by atoms with van der Waals surface area (Å²) in [5.41, 5.74) is 0.607. The summed E-state index contributed by atoms with van der Waals surface area (Å²) >= 11 is 0. The van der Waals surface area contributed by atoms with Gasteiger partial charge in [-0.15, -0.1) is 0 Å². The van der Waals surface area contributed by atoms with Gasteiger partial charge < -0.3 is 15.2 Å². The van der Waals surface area contributed by atoms with Crippen LogP contribution in [0.25, 0.3) is 0 Å². The topological polar surface area (TPSA) is 41.5 Å². The summed E-state index contributed by atoms with van der Waals surface area (Å²) in [6.45, 7) is -0.153. The third-order valence-electron chi connectivity index (χ3n) is 4.67. The van der Waals surface area contributed by atoms with E-state index in [1.165, 1.54) is 0 Å². The van der Waals surface area contributed by atoms with E-state index in [4.69, 9.17) is 4.74 Å². The third kappa shape index (κ3) is 3.96. The van der Waals surface area contributed by atoms with Gasteiger partial charge >= 0.3 is 6.18 Å². The number of hydrogen-bond acceptors (Lipinski definition) is 3. The summed E-state index contributed by atoms with van der Waals surface area (Å²) in [6.07, 6.45) is -4.43. The molecule has 0 bridgehead atoms. The van der Waals surface area contributed by atoms with Crippen molar-refractivity contribution in [3.8, 4) is 5.75 Å². The third-order valence-corrected chi connectivity index (χ3v) is 4.67. The molecule has 6 heteroatoms. The molecule has 0 aliphatic carbocycles. The normalized spacial score (nSPS) is 23.6. The molecule has 1 aliphatic rings. The highest BCUT2D eigenvalue weighted by Gasteiger charge is 2.50. The minimum Gasteiger partial charge on any atom is -0.489 e. The van der Waals surface area contributed by atoms with E-state index in [-0.39, 0.29) is 19.6 Å². The summed E-state index contributed by atoms with van der Waals surface area (Å²) in [5, 5.41) is 12.6. The molecule has 2 aromatic rings. The van der Waals surface area contributed by atoms with E-state index in [1.54, 1.807) is 24.3 Å². The van der Waals surface area contributed by atoms with Gasteiger partial charge in [0.05, 0.1) is 18.1 Å². The van der Waals surface area contributed by atoms with E-state index in [2.05, 4.69) is 5.32 Å². The number of ether oxygens (including phenoxy) is 1. The number of rotatable bonds is 5. The van der Waals surface area contributed by atoms with Crippen LogP contribution in [0.15, 0.2) is 54.6 Å². The van der Waals surface area contributed by atoms with Crippen LogP contribution in [0.4, 0.5) is 13.2 Å². The second kappa shape index (κ2) is 7.06. The van der Waals surface area contributed by atoms with Gasteiger partial charge in [0.15, 0.2) is 0 Å². The van der Waals surface area contributed by atoms with Gasteiger partial charge in [-0.25, -0.2) is 0 Å².